The van der Waals surface area contributed by atoms with Gasteiger partial charge in [-0.3, -0.25) is 4.98 Å². The Bertz CT molecular complexity index is 538. The standard InChI is InChI=1S/C14H14BrFN2O/c1-9-2-5-14(19)13(18-9)8-17-7-10-6-11(15)3-4-12(10)16/h2-6,17,19H,7-8H2,1H3. The minimum Gasteiger partial charge on any atom is -0.506 e. The van der Waals surface area contributed by atoms with Crippen molar-refractivity contribution in [2.45, 2.75) is 20.0 Å². The number of nitrogens with one attached hydrogen (secondary N) is 1. The molecular weight excluding hydrogens is 311 g/mol. The Morgan fingerprint density at radius 3 is 2.84 bits per heavy atom. The number of aryl methyl sites for hydroxylation is 1. The van der Waals surface area contributed by atoms with Gasteiger partial charge in [0.2, 0.25) is 0 Å². The molecule has 2 rings (SSSR count). The molecule has 1 aromatic heterocycles. The summed E-state index contributed by atoms with van der Waals surface area (Å²) in [6.07, 6.45) is 0. The van der Waals surface area contributed by atoms with Crippen LogP contribution >= 0.6 is 15.9 Å². The van der Waals surface area contributed by atoms with Crippen molar-refractivity contribution in [3.8, 4) is 5.75 Å². The van der Waals surface area contributed by atoms with E-state index >= 15 is 0 Å². The largest absolute Gasteiger partial charge is 0.506 e. The first kappa shape index (κ1) is 14.0. The van der Waals surface area contributed by atoms with E-state index in [0.717, 1.165) is 10.2 Å². The van der Waals surface area contributed by atoms with Gasteiger partial charge in [-0.1, -0.05) is 15.9 Å². The zero-order valence-electron chi connectivity index (χ0n) is 10.5. The quantitative estimate of drug-likeness (QED) is 0.907. The predicted molar refractivity (Wildman–Crippen MR) is 75.3 cm³/mol. The molecule has 5 heteroatoms. The molecule has 2 N–H and O–H groups in total. The molecule has 19 heavy (non-hydrogen) atoms. The van der Waals surface area contributed by atoms with E-state index in [-0.39, 0.29) is 11.6 Å². The molecule has 100 valence electrons. The summed E-state index contributed by atoms with van der Waals surface area (Å²) in [6.45, 7) is 2.62. The molecule has 0 aliphatic rings. The summed E-state index contributed by atoms with van der Waals surface area (Å²) < 4.78 is 14.3. The lowest BCUT2D eigenvalue weighted by molar-refractivity contribution is 0.458. The van der Waals surface area contributed by atoms with E-state index in [1.807, 2.05) is 6.92 Å². The molecule has 0 unspecified atom stereocenters. The number of aromatic nitrogens is 1. The topological polar surface area (TPSA) is 45.1 Å². The van der Waals surface area contributed by atoms with Gasteiger partial charge in [-0.05, 0) is 37.3 Å². The Hall–Kier alpha value is -1.46. The second-order valence-corrected chi connectivity index (χ2v) is 5.17. The van der Waals surface area contributed by atoms with Crippen LogP contribution in [0.2, 0.25) is 0 Å². The second kappa shape index (κ2) is 6.12. The van der Waals surface area contributed by atoms with Gasteiger partial charge in [0, 0.05) is 28.8 Å². The molecule has 1 heterocycles. The summed E-state index contributed by atoms with van der Waals surface area (Å²) in [6, 6.07) is 8.16. The van der Waals surface area contributed by atoms with Crippen molar-refractivity contribution in [3.63, 3.8) is 0 Å². The third-order valence-corrected chi connectivity index (χ3v) is 3.20. The zero-order valence-corrected chi connectivity index (χ0v) is 12.0. The van der Waals surface area contributed by atoms with Crippen molar-refractivity contribution in [1.29, 1.82) is 0 Å². The van der Waals surface area contributed by atoms with Gasteiger partial charge in [0.15, 0.2) is 0 Å². The third-order valence-electron chi connectivity index (χ3n) is 2.71. The Balaban J connectivity index is 2.00. The number of pyridine rings is 1. The van der Waals surface area contributed by atoms with Crippen LogP contribution in [0.1, 0.15) is 17.0 Å². The van der Waals surface area contributed by atoms with E-state index in [1.54, 1.807) is 24.3 Å². The first-order valence-corrected chi connectivity index (χ1v) is 6.65. The van der Waals surface area contributed by atoms with Crippen LogP contribution in [-0.2, 0) is 13.1 Å². The van der Waals surface area contributed by atoms with Crippen LogP contribution in [0.25, 0.3) is 0 Å². The lowest BCUT2D eigenvalue weighted by Crippen LogP contribution is -2.15. The van der Waals surface area contributed by atoms with Crippen LogP contribution in [0.4, 0.5) is 4.39 Å². The summed E-state index contributed by atoms with van der Waals surface area (Å²) in [4.78, 5) is 4.23. The van der Waals surface area contributed by atoms with Crippen LogP contribution in [0.15, 0.2) is 34.8 Å². The van der Waals surface area contributed by atoms with Gasteiger partial charge in [0.1, 0.15) is 11.6 Å². The fourth-order valence-electron chi connectivity index (χ4n) is 1.73. The zero-order chi connectivity index (χ0) is 13.8. The molecule has 0 spiro atoms. The maximum absolute atomic E-state index is 13.5. The summed E-state index contributed by atoms with van der Waals surface area (Å²) >= 11 is 3.31. The van der Waals surface area contributed by atoms with Crippen molar-refractivity contribution in [1.82, 2.24) is 10.3 Å². The number of aromatic hydroxyl groups is 1. The van der Waals surface area contributed by atoms with Crippen molar-refractivity contribution < 1.29 is 9.50 Å². The molecule has 0 radical (unpaired) electrons. The van der Waals surface area contributed by atoms with Gasteiger partial charge in [0.05, 0.1) is 5.69 Å². The van der Waals surface area contributed by atoms with Crippen LogP contribution in [0.3, 0.4) is 0 Å². The number of rotatable bonds is 4. The first-order valence-electron chi connectivity index (χ1n) is 5.86. The van der Waals surface area contributed by atoms with Crippen molar-refractivity contribution >= 4 is 15.9 Å². The molecule has 0 aliphatic carbocycles. The highest BCUT2D eigenvalue weighted by atomic mass is 79.9. The molecule has 0 amide bonds. The molecule has 1 aromatic carbocycles. The molecule has 0 atom stereocenters. The summed E-state index contributed by atoms with van der Waals surface area (Å²) in [7, 11) is 0. The number of halogens is 2. The van der Waals surface area contributed by atoms with Gasteiger partial charge in [0.25, 0.3) is 0 Å². The Morgan fingerprint density at radius 1 is 1.26 bits per heavy atom. The Labute approximate surface area is 119 Å². The molecule has 3 nitrogen and oxygen atoms in total. The fourth-order valence-corrected chi connectivity index (χ4v) is 2.14. The normalized spacial score (nSPS) is 10.7. The van der Waals surface area contributed by atoms with Crippen molar-refractivity contribution in [3.05, 3.63) is 57.6 Å². The van der Waals surface area contributed by atoms with Gasteiger partial charge in [-0.25, -0.2) is 4.39 Å². The number of hydrogen-bond donors (Lipinski definition) is 2. The Morgan fingerprint density at radius 2 is 2.05 bits per heavy atom. The lowest BCUT2D eigenvalue weighted by atomic mass is 10.2. The minimum atomic E-state index is -0.253. The molecular formula is C14H14BrFN2O. The van der Waals surface area contributed by atoms with E-state index in [2.05, 4.69) is 26.2 Å². The van der Waals surface area contributed by atoms with Crippen LogP contribution < -0.4 is 5.32 Å². The van der Waals surface area contributed by atoms with E-state index in [1.165, 1.54) is 6.07 Å². The van der Waals surface area contributed by atoms with Crippen LogP contribution in [0, 0.1) is 12.7 Å². The molecule has 0 fully saturated rings. The lowest BCUT2D eigenvalue weighted by Gasteiger charge is -2.08. The van der Waals surface area contributed by atoms with Gasteiger partial charge in [-0.2, -0.15) is 0 Å². The highest BCUT2D eigenvalue weighted by Gasteiger charge is 2.05. The molecule has 0 saturated carbocycles. The van der Waals surface area contributed by atoms with E-state index in [9.17, 15) is 9.50 Å². The highest BCUT2D eigenvalue weighted by molar-refractivity contribution is 9.10. The van der Waals surface area contributed by atoms with Gasteiger partial charge >= 0.3 is 0 Å². The summed E-state index contributed by atoms with van der Waals surface area (Å²) in [5.41, 5.74) is 1.97. The average Bonchev–Trinajstić information content (AvgIpc) is 2.38. The maximum atomic E-state index is 13.5. The van der Waals surface area contributed by atoms with Crippen molar-refractivity contribution in [2.75, 3.05) is 0 Å². The van der Waals surface area contributed by atoms with E-state index in [4.69, 9.17) is 0 Å². The highest BCUT2D eigenvalue weighted by Crippen LogP contribution is 2.17. The molecule has 0 saturated heterocycles. The first-order chi connectivity index (χ1) is 9.06. The van der Waals surface area contributed by atoms with Crippen LogP contribution in [-0.4, -0.2) is 10.1 Å². The Kier molecular flexibility index (Phi) is 4.50. The summed E-state index contributed by atoms with van der Waals surface area (Å²) in [5, 5.41) is 12.7. The van der Waals surface area contributed by atoms with Crippen molar-refractivity contribution in [2.24, 2.45) is 0 Å². The van der Waals surface area contributed by atoms with Crippen LogP contribution in [0.5, 0.6) is 5.75 Å². The number of hydrogen-bond acceptors (Lipinski definition) is 3. The minimum absolute atomic E-state index is 0.146. The smallest absolute Gasteiger partial charge is 0.138 e. The van der Waals surface area contributed by atoms with Gasteiger partial charge in [-0.15, -0.1) is 0 Å². The molecule has 0 bridgehead atoms. The third kappa shape index (κ3) is 3.75. The van der Waals surface area contributed by atoms with E-state index in [0.29, 0.717) is 24.3 Å². The summed E-state index contributed by atoms with van der Waals surface area (Å²) in [5.74, 6) is -0.107. The molecule has 2 aromatic rings. The second-order valence-electron chi connectivity index (χ2n) is 4.26. The predicted octanol–water partition coefficient (Wildman–Crippen LogP) is 3.29. The maximum Gasteiger partial charge on any atom is 0.138 e. The number of benzene rings is 1. The fraction of sp³-hybridized carbons (Fsp3) is 0.214. The average molecular weight is 325 g/mol. The SMILES string of the molecule is Cc1ccc(O)c(CNCc2cc(Br)ccc2F)n1. The van der Waals surface area contributed by atoms with Gasteiger partial charge < -0.3 is 10.4 Å². The number of nitrogens with zero attached hydrogens (tertiary/aromatic N) is 1. The van der Waals surface area contributed by atoms with E-state index < -0.39 is 0 Å². The molecule has 0 aliphatic heterocycles. The monoisotopic (exact) mass is 324 g/mol.